The van der Waals surface area contributed by atoms with Gasteiger partial charge >= 0.3 is 0 Å². The van der Waals surface area contributed by atoms with Crippen LogP contribution < -0.4 is 4.74 Å². The molecule has 0 aromatic heterocycles. The van der Waals surface area contributed by atoms with E-state index in [-0.39, 0.29) is 11.6 Å². The second kappa shape index (κ2) is 5.15. The van der Waals surface area contributed by atoms with Crippen LogP contribution in [0.5, 0.6) is 11.5 Å². The van der Waals surface area contributed by atoms with Crippen molar-refractivity contribution in [2.24, 2.45) is 0 Å². The number of para-hydroxylation sites is 1. The van der Waals surface area contributed by atoms with Gasteiger partial charge < -0.3 is 4.74 Å². The second-order valence-corrected chi connectivity index (χ2v) is 6.42. The highest BCUT2D eigenvalue weighted by molar-refractivity contribution is 6.29. The van der Waals surface area contributed by atoms with Crippen LogP contribution in [0.25, 0.3) is 0 Å². The SMILES string of the molecule is O=C1c2ccccc2C(=O)C1c1cccc2c1Cc1ccccc1O2. The molecular formula is C22H14O3. The summed E-state index contributed by atoms with van der Waals surface area (Å²) in [5.41, 5.74) is 3.80. The summed E-state index contributed by atoms with van der Waals surface area (Å²) in [6.07, 6.45) is 0.662. The number of hydrogen-bond donors (Lipinski definition) is 0. The molecular weight excluding hydrogens is 312 g/mol. The molecule has 25 heavy (non-hydrogen) atoms. The summed E-state index contributed by atoms with van der Waals surface area (Å²) in [7, 11) is 0. The van der Waals surface area contributed by atoms with Gasteiger partial charge in [0.1, 0.15) is 17.4 Å². The van der Waals surface area contributed by atoms with Gasteiger partial charge in [-0.05, 0) is 23.3 Å². The first-order valence-corrected chi connectivity index (χ1v) is 8.29. The molecule has 120 valence electrons. The molecule has 0 bridgehead atoms. The minimum absolute atomic E-state index is 0.118. The van der Waals surface area contributed by atoms with Crippen molar-refractivity contribution in [3.8, 4) is 11.5 Å². The van der Waals surface area contributed by atoms with Crippen molar-refractivity contribution >= 4 is 11.6 Å². The average molecular weight is 326 g/mol. The first-order chi connectivity index (χ1) is 12.2. The zero-order valence-electron chi connectivity index (χ0n) is 13.4. The molecule has 0 saturated heterocycles. The molecule has 2 aliphatic rings. The third-order valence-corrected chi connectivity index (χ3v) is 5.02. The van der Waals surface area contributed by atoms with E-state index in [2.05, 4.69) is 0 Å². The number of carbonyl (C=O) groups is 2. The maximum absolute atomic E-state index is 12.9. The van der Waals surface area contributed by atoms with E-state index in [1.807, 2.05) is 42.5 Å². The lowest BCUT2D eigenvalue weighted by Crippen LogP contribution is -2.17. The molecule has 0 radical (unpaired) electrons. The number of rotatable bonds is 1. The van der Waals surface area contributed by atoms with Crippen LogP contribution in [0, 0.1) is 0 Å². The van der Waals surface area contributed by atoms with E-state index < -0.39 is 5.92 Å². The van der Waals surface area contributed by atoms with Gasteiger partial charge in [-0.25, -0.2) is 0 Å². The number of carbonyl (C=O) groups excluding carboxylic acids is 2. The molecule has 3 nitrogen and oxygen atoms in total. The fraction of sp³-hybridized carbons (Fsp3) is 0.0909. The summed E-state index contributed by atoms with van der Waals surface area (Å²) in [6, 6.07) is 20.5. The molecule has 1 aliphatic heterocycles. The standard InChI is InChI=1S/C22H14O3/c23-21-15-7-2-3-8-16(15)22(24)20(21)14-9-5-11-19-17(14)12-13-6-1-4-10-18(13)25-19/h1-11,20H,12H2. The Morgan fingerprint density at radius 1 is 0.720 bits per heavy atom. The minimum Gasteiger partial charge on any atom is -0.457 e. The summed E-state index contributed by atoms with van der Waals surface area (Å²) in [6.45, 7) is 0. The molecule has 0 N–H and O–H groups in total. The largest absolute Gasteiger partial charge is 0.457 e. The van der Waals surface area contributed by atoms with Crippen LogP contribution in [0.2, 0.25) is 0 Å². The zero-order valence-corrected chi connectivity index (χ0v) is 13.4. The Bertz CT molecular complexity index is 1010. The minimum atomic E-state index is -0.763. The van der Waals surface area contributed by atoms with Crippen LogP contribution in [0.15, 0.2) is 66.7 Å². The first kappa shape index (κ1) is 14.2. The number of hydrogen-bond acceptors (Lipinski definition) is 3. The monoisotopic (exact) mass is 326 g/mol. The third-order valence-electron chi connectivity index (χ3n) is 5.02. The molecule has 0 amide bonds. The summed E-state index contributed by atoms with van der Waals surface area (Å²) >= 11 is 0. The Labute approximate surface area is 144 Å². The Morgan fingerprint density at radius 3 is 2.12 bits per heavy atom. The molecule has 0 atom stereocenters. The normalized spacial score (nSPS) is 15.4. The number of Topliss-reactive ketones (excluding diaryl/α,β-unsaturated/α-hetero) is 2. The number of benzene rings is 3. The molecule has 0 saturated carbocycles. The van der Waals surface area contributed by atoms with Crippen molar-refractivity contribution < 1.29 is 14.3 Å². The lowest BCUT2D eigenvalue weighted by Gasteiger charge is -2.23. The summed E-state index contributed by atoms with van der Waals surface area (Å²) in [5.74, 6) is 0.564. The summed E-state index contributed by atoms with van der Waals surface area (Å²) in [4.78, 5) is 25.8. The highest BCUT2D eigenvalue weighted by atomic mass is 16.5. The van der Waals surface area contributed by atoms with Gasteiger partial charge in [0.25, 0.3) is 0 Å². The van der Waals surface area contributed by atoms with Gasteiger partial charge in [-0.2, -0.15) is 0 Å². The number of ketones is 2. The predicted molar refractivity (Wildman–Crippen MR) is 93.6 cm³/mol. The van der Waals surface area contributed by atoms with Crippen LogP contribution >= 0.6 is 0 Å². The molecule has 3 aromatic carbocycles. The number of fused-ring (bicyclic) bond motifs is 3. The van der Waals surface area contributed by atoms with E-state index in [1.165, 1.54) is 0 Å². The van der Waals surface area contributed by atoms with Crippen molar-refractivity contribution in [2.45, 2.75) is 12.3 Å². The smallest absolute Gasteiger partial charge is 0.178 e. The van der Waals surface area contributed by atoms with Gasteiger partial charge in [0.15, 0.2) is 11.6 Å². The Morgan fingerprint density at radius 2 is 1.36 bits per heavy atom. The van der Waals surface area contributed by atoms with E-state index in [9.17, 15) is 9.59 Å². The van der Waals surface area contributed by atoms with E-state index in [0.717, 1.165) is 28.2 Å². The highest BCUT2D eigenvalue weighted by Crippen LogP contribution is 2.43. The van der Waals surface area contributed by atoms with Gasteiger partial charge in [0, 0.05) is 23.1 Å². The molecule has 1 heterocycles. The van der Waals surface area contributed by atoms with Crippen molar-refractivity contribution in [2.75, 3.05) is 0 Å². The molecule has 0 fully saturated rings. The molecule has 1 aliphatic carbocycles. The summed E-state index contributed by atoms with van der Waals surface area (Å²) in [5, 5.41) is 0. The first-order valence-electron chi connectivity index (χ1n) is 8.29. The van der Waals surface area contributed by atoms with Crippen LogP contribution in [0.3, 0.4) is 0 Å². The fourth-order valence-corrected chi connectivity index (χ4v) is 3.82. The lowest BCUT2D eigenvalue weighted by molar-refractivity contribution is 0.0889. The van der Waals surface area contributed by atoms with E-state index in [4.69, 9.17) is 4.74 Å². The zero-order chi connectivity index (χ0) is 17.0. The van der Waals surface area contributed by atoms with Crippen molar-refractivity contribution in [1.29, 1.82) is 0 Å². The number of ether oxygens (including phenoxy) is 1. The van der Waals surface area contributed by atoms with Gasteiger partial charge in [0.2, 0.25) is 0 Å². The maximum atomic E-state index is 12.9. The van der Waals surface area contributed by atoms with Crippen molar-refractivity contribution in [3.05, 3.63) is 94.5 Å². The van der Waals surface area contributed by atoms with Gasteiger partial charge in [-0.1, -0.05) is 54.6 Å². The van der Waals surface area contributed by atoms with Gasteiger partial charge in [-0.3, -0.25) is 9.59 Å². The van der Waals surface area contributed by atoms with Crippen LogP contribution in [-0.4, -0.2) is 11.6 Å². The Kier molecular flexibility index (Phi) is 2.92. The second-order valence-electron chi connectivity index (χ2n) is 6.42. The third kappa shape index (κ3) is 1.99. The average Bonchev–Trinajstić information content (AvgIpc) is 2.91. The quantitative estimate of drug-likeness (QED) is 0.482. The molecule has 3 heteroatoms. The maximum Gasteiger partial charge on any atom is 0.178 e. The lowest BCUT2D eigenvalue weighted by atomic mass is 9.86. The summed E-state index contributed by atoms with van der Waals surface area (Å²) < 4.78 is 6.00. The van der Waals surface area contributed by atoms with Crippen molar-refractivity contribution in [1.82, 2.24) is 0 Å². The molecule has 5 rings (SSSR count). The van der Waals surface area contributed by atoms with Gasteiger partial charge in [0.05, 0.1) is 0 Å². The van der Waals surface area contributed by atoms with Gasteiger partial charge in [-0.15, -0.1) is 0 Å². The predicted octanol–water partition coefficient (Wildman–Crippen LogP) is 4.55. The Balaban J connectivity index is 1.64. The molecule has 0 spiro atoms. The topological polar surface area (TPSA) is 43.4 Å². The van der Waals surface area contributed by atoms with Crippen LogP contribution in [-0.2, 0) is 6.42 Å². The fourth-order valence-electron chi connectivity index (χ4n) is 3.82. The van der Waals surface area contributed by atoms with Crippen LogP contribution in [0.1, 0.15) is 43.3 Å². The van der Waals surface area contributed by atoms with E-state index in [1.54, 1.807) is 24.3 Å². The van der Waals surface area contributed by atoms with Crippen LogP contribution in [0.4, 0.5) is 0 Å². The van der Waals surface area contributed by atoms with E-state index >= 15 is 0 Å². The molecule has 3 aromatic rings. The van der Waals surface area contributed by atoms with Crippen molar-refractivity contribution in [3.63, 3.8) is 0 Å². The Hall–Kier alpha value is -3.20. The highest BCUT2D eigenvalue weighted by Gasteiger charge is 2.41. The molecule has 0 unspecified atom stereocenters. The van der Waals surface area contributed by atoms with E-state index in [0.29, 0.717) is 17.5 Å².